The molecule has 0 bridgehead atoms. The average Bonchev–Trinajstić information content (AvgIpc) is 2.75. The summed E-state index contributed by atoms with van der Waals surface area (Å²) < 4.78 is 75.0. The molecule has 2 aliphatic carbocycles. The van der Waals surface area contributed by atoms with Gasteiger partial charge in [-0.3, -0.25) is 9.59 Å². The van der Waals surface area contributed by atoms with Gasteiger partial charge in [-0.2, -0.15) is 0 Å². The maximum Gasteiger partial charge on any atom is 0.308 e. The normalized spacial score (nSPS) is 36.8. The van der Waals surface area contributed by atoms with Crippen molar-refractivity contribution in [3.63, 3.8) is 0 Å². The Balaban J connectivity index is 0.00000800. The number of esters is 1. The van der Waals surface area contributed by atoms with E-state index >= 15 is 0 Å². The molecule has 0 fully saturated rings. The molecule has 0 aromatic rings. The summed E-state index contributed by atoms with van der Waals surface area (Å²) in [5.41, 5.74) is 0.540. The number of carboxylic acids is 1. The van der Waals surface area contributed by atoms with Gasteiger partial charge in [0.1, 0.15) is 6.10 Å². The molecule has 171 valence electrons. The second-order valence-electron chi connectivity index (χ2n) is 8.04. The van der Waals surface area contributed by atoms with E-state index in [4.69, 9.17) is 22.2 Å². The number of allylic oxidation sites excluding steroid dienone is 2. The number of hydrogen-bond acceptors (Lipinski definition) is 6. The Morgan fingerprint density at radius 3 is 2.77 bits per heavy atom. The molecule has 0 heterocycles. The number of aliphatic carboxylic acids is 1. The minimum absolute atomic E-state index is 0. The van der Waals surface area contributed by atoms with Crippen LogP contribution in [0.3, 0.4) is 0 Å². The first-order chi connectivity index (χ1) is 17.6. The molecule has 0 spiro atoms. The summed E-state index contributed by atoms with van der Waals surface area (Å²) in [6.45, 7) is -5.52. The maximum absolute atomic E-state index is 13.2. The summed E-state index contributed by atoms with van der Waals surface area (Å²) in [6, 6.07) is 0. The molecule has 0 aromatic heterocycles. The van der Waals surface area contributed by atoms with Crippen molar-refractivity contribution in [1.82, 2.24) is 0 Å². The van der Waals surface area contributed by atoms with Crippen LogP contribution in [0, 0.1) is 23.6 Å². The molecule has 0 aliphatic heterocycles. The fourth-order valence-electron chi connectivity index (χ4n) is 4.34. The first-order valence-electron chi connectivity index (χ1n) is 14.5. The third kappa shape index (κ3) is 8.30. The van der Waals surface area contributed by atoms with E-state index in [9.17, 15) is 24.9 Å². The smallest absolute Gasteiger partial charge is 0.308 e. The third-order valence-electron chi connectivity index (χ3n) is 5.75. The molecule has 0 saturated carbocycles. The zero-order chi connectivity index (χ0) is 30.1. The molecule has 8 atom stereocenters. The van der Waals surface area contributed by atoms with Crippen LogP contribution in [0.2, 0.25) is 0 Å². The predicted octanol–water partition coefficient (Wildman–Crippen LogP) is 2.06. The van der Waals surface area contributed by atoms with E-state index in [0.717, 1.165) is 0 Å². The standard InChI is InChI=1S/C23H36O7.Na/c1-4-13(2)23(29)30-20-11-17(25)9-15-6-5-14(3)19(22(15)20)8-7-16(24)10-18(26)12-21(27)28;/h5-6,9,13-14,16-20,22,24-26H,4,7-8,10-12H2,1-3H3,(H,27,28);/t13-,14+,16-,17-,18-,19+,20+,22+;/m1./s1/i1D3,2D3,4D2,13D;. The van der Waals surface area contributed by atoms with Gasteiger partial charge in [0.05, 0.1) is 30.6 Å². The van der Waals surface area contributed by atoms with Gasteiger partial charge in [-0.15, -0.1) is 0 Å². The molecule has 0 unspecified atom stereocenters. The van der Waals surface area contributed by atoms with Gasteiger partial charge in [0.2, 0.25) is 0 Å². The molecular formula is C23H36NaO7. The Labute approximate surface area is 219 Å². The summed E-state index contributed by atoms with van der Waals surface area (Å²) >= 11 is 0. The minimum Gasteiger partial charge on any atom is -0.481 e. The summed E-state index contributed by atoms with van der Waals surface area (Å²) in [5, 5.41) is 39.4. The number of rotatable bonds is 10. The maximum atomic E-state index is 13.2. The molecule has 7 nitrogen and oxygen atoms in total. The van der Waals surface area contributed by atoms with Gasteiger partial charge in [0.15, 0.2) is 0 Å². The van der Waals surface area contributed by atoms with Crippen molar-refractivity contribution in [2.24, 2.45) is 23.6 Å². The van der Waals surface area contributed by atoms with Crippen LogP contribution in [0.1, 0.15) is 71.4 Å². The van der Waals surface area contributed by atoms with E-state index in [0.29, 0.717) is 12.0 Å². The average molecular weight is 457 g/mol. The minimum atomic E-state index is -3.81. The predicted molar refractivity (Wildman–Crippen MR) is 117 cm³/mol. The monoisotopic (exact) mass is 456 g/mol. The molecule has 4 N–H and O–H groups in total. The van der Waals surface area contributed by atoms with Crippen molar-refractivity contribution in [2.75, 3.05) is 0 Å². The van der Waals surface area contributed by atoms with Crippen molar-refractivity contribution in [2.45, 2.75) is 83.5 Å². The molecule has 0 saturated heterocycles. The number of carbonyl (C=O) groups is 2. The van der Waals surface area contributed by atoms with Crippen LogP contribution >= 0.6 is 0 Å². The molecule has 1 radical (unpaired) electrons. The summed E-state index contributed by atoms with van der Waals surface area (Å²) in [4.78, 5) is 24.0. The van der Waals surface area contributed by atoms with Gasteiger partial charge >= 0.3 is 11.9 Å². The van der Waals surface area contributed by atoms with E-state index in [1.807, 2.05) is 13.0 Å². The van der Waals surface area contributed by atoms with Gasteiger partial charge in [-0.25, -0.2) is 0 Å². The van der Waals surface area contributed by atoms with Crippen LogP contribution in [-0.2, 0) is 14.3 Å². The quantitative estimate of drug-likeness (QED) is 0.293. The van der Waals surface area contributed by atoms with E-state index in [1.54, 1.807) is 6.08 Å². The number of ether oxygens (including phenoxy) is 1. The Morgan fingerprint density at radius 2 is 2.13 bits per heavy atom. The summed E-state index contributed by atoms with van der Waals surface area (Å²) in [7, 11) is 0. The van der Waals surface area contributed by atoms with E-state index in [1.165, 1.54) is 6.08 Å². The van der Waals surface area contributed by atoms with Crippen LogP contribution in [0.15, 0.2) is 23.8 Å². The zero-order valence-corrected chi connectivity index (χ0v) is 19.8. The second kappa shape index (κ2) is 13.1. The molecule has 31 heavy (non-hydrogen) atoms. The largest absolute Gasteiger partial charge is 0.481 e. The fourth-order valence-corrected chi connectivity index (χ4v) is 4.34. The van der Waals surface area contributed by atoms with Gasteiger partial charge in [-0.1, -0.05) is 38.9 Å². The van der Waals surface area contributed by atoms with Crippen molar-refractivity contribution < 1.29 is 47.1 Å². The third-order valence-corrected chi connectivity index (χ3v) is 5.75. The van der Waals surface area contributed by atoms with Crippen LogP contribution in [0.4, 0.5) is 0 Å². The number of hydrogen-bond donors (Lipinski definition) is 4. The van der Waals surface area contributed by atoms with E-state index < -0.39 is 74.7 Å². The van der Waals surface area contributed by atoms with Crippen LogP contribution in [0.5, 0.6) is 0 Å². The molecule has 0 amide bonds. The molecule has 2 rings (SSSR count). The van der Waals surface area contributed by atoms with Crippen molar-refractivity contribution in [3.8, 4) is 0 Å². The molecule has 8 heteroatoms. The van der Waals surface area contributed by atoms with Crippen molar-refractivity contribution in [1.29, 1.82) is 0 Å². The van der Waals surface area contributed by atoms with Gasteiger partial charge < -0.3 is 25.2 Å². The van der Waals surface area contributed by atoms with E-state index in [2.05, 4.69) is 0 Å². The van der Waals surface area contributed by atoms with Gasteiger partial charge in [0, 0.05) is 54.2 Å². The number of fused-ring (bicyclic) bond motifs is 1. The Bertz CT molecular complexity index is 969. The first kappa shape index (κ1) is 16.8. The SMILES string of the molecule is [2H]C([2H])([2H])C([2H])([2H])[C@]([2H])(C(=O)O[C@H]1C[C@H](O)C=C2C=C[C@H](C)[C@H](CC[C@@H](O)C[C@@H](O)CC(=O)O)[C@H]21)C([2H])([2H])[2H].[Na]. The second-order valence-corrected chi connectivity index (χ2v) is 8.04. The number of carbonyl (C=O) groups excluding carboxylic acids is 1. The molecule has 0 aromatic carbocycles. The topological polar surface area (TPSA) is 124 Å². The Morgan fingerprint density at radius 1 is 1.39 bits per heavy atom. The van der Waals surface area contributed by atoms with Gasteiger partial charge in [0.25, 0.3) is 0 Å². The molecular weight excluding hydrogens is 411 g/mol. The fraction of sp³-hybridized carbons (Fsp3) is 0.739. The van der Waals surface area contributed by atoms with Gasteiger partial charge in [-0.05, 0) is 43.0 Å². The van der Waals surface area contributed by atoms with Crippen LogP contribution in [0.25, 0.3) is 0 Å². The number of carboxylic acid groups (broad SMARTS) is 1. The Hall–Kier alpha value is -0.700. The number of aliphatic hydroxyl groups excluding tert-OH is 3. The zero-order valence-electron chi connectivity index (χ0n) is 26.8. The van der Waals surface area contributed by atoms with Crippen LogP contribution in [-0.4, -0.2) is 86.3 Å². The summed E-state index contributed by atoms with van der Waals surface area (Å²) in [5.74, 6) is -8.10. The van der Waals surface area contributed by atoms with Crippen LogP contribution < -0.4 is 0 Å². The first-order valence-corrected chi connectivity index (χ1v) is 10.0. The Kier molecular flexibility index (Phi) is 7.13. The van der Waals surface area contributed by atoms with Crippen molar-refractivity contribution >= 4 is 41.5 Å². The molecule has 2 aliphatic rings. The summed E-state index contributed by atoms with van der Waals surface area (Å²) in [6.07, 6.45) is -3.94. The van der Waals surface area contributed by atoms with Crippen molar-refractivity contribution in [3.05, 3.63) is 23.8 Å². The number of aliphatic hydroxyl groups is 3. The van der Waals surface area contributed by atoms with E-state index in [-0.39, 0.29) is 60.7 Å².